The molecule has 0 spiro atoms. The smallest absolute Gasteiger partial charge is 0.349 e. The zero-order valence-electron chi connectivity index (χ0n) is 14.6. The van der Waals surface area contributed by atoms with Crippen LogP contribution in [0.3, 0.4) is 0 Å². The van der Waals surface area contributed by atoms with Crippen LogP contribution in [-0.2, 0) is 11.4 Å². The molecule has 1 heterocycles. The van der Waals surface area contributed by atoms with Crippen molar-refractivity contribution in [2.24, 2.45) is 0 Å². The average Bonchev–Trinajstić information content (AvgIpc) is 3.18. The van der Waals surface area contributed by atoms with E-state index < -0.39 is 12.1 Å². The van der Waals surface area contributed by atoms with E-state index in [2.05, 4.69) is 0 Å². The molecule has 0 amide bonds. The molecule has 1 atom stereocenters. The van der Waals surface area contributed by atoms with Crippen molar-refractivity contribution in [1.29, 1.82) is 5.26 Å². The second kappa shape index (κ2) is 8.39. The van der Waals surface area contributed by atoms with Gasteiger partial charge in [0, 0.05) is 11.6 Å². The molecule has 0 aliphatic carbocycles. The lowest BCUT2D eigenvalue weighted by molar-refractivity contribution is -0.145. The lowest BCUT2D eigenvalue weighted by atomic mass is 10.0. The number of aliphatic carboxylic acids is 1. The average molecular weight is 379 g/mol. The summed E-state index contributed by atoms with van der Waals surface area (Å²) in [5.41, 5.74) is 2.62. The van der Waals surface area contributed by atoms with Crippen LogP contribution in [0.5, 0.6) is 11.5 Å². The molecule has 136 valence electrons. The standard InChI is InChI=1S/C21H17NO4S/c1-14-4-2-3-5-18(14)20(21(23)24)26-19-10-17(7-6-16(19)11-22)25-12-15-8-9-27-13-15/h2-10,13,20H,12H2,1H3,(H,23,24)/t20-/m1/s1. The summed E-state index contributed by atoms with van der Waals surface area (Å²) in [5, 5.41) is 22.9. The lowest BCUT2D eigenvalue weighted by Gasteiger charge is -2.18. The van der Waals surface area contributed by atoms with Gasteiger partial charge in [-0.05, 0) is 47.0 Å². The van der Waals surface area contributed by atoms with Gasteiger partial charge in [-0.3, -0.25) is 0 Å². The second-order valence-electron chi connectivity index (χ2n) is 5.88. The van der Waals surface area contributed by atoms with Gasteiger partial charge < -0.3 is 14.6 Å². The third-order valence-electron chi connectivity index (χ3n) is 4.00. The van der Waals surface area contributed by atoms with Gasteiger partial charge >= 0.3 is 5.97 Å². The monoisotopic (exact) mass is 379 g/mol. The summed E-state index contributed by atoms with van der Waals surface area (Å²) in [6.45, 7) is 2.20. The van der Waals surface area contributed by atoms with E-state index in [4.69, 9.17) is 9.47 Å². The molecule has 0 aliphatic rings. The second-order valence-corrected chi connectivity index (χ2v) is 6.66. The Kier molecular flexibility index (Phi) is 5.74. The van der Waals surface area contributed by atoms with E-state index in [1.54, 1.807) is 41.7 Å². The van der Waals surface area contributed by atoms with Crippen molar-refractivity contribution in [3.05, 3.63) is 81.5 Å². The van der Waals surface area contributed by atoms with Gasteiger partial charge in [0.15, 0.2) is 0 Å². The molecule has 0 saturated carbocycles. The maximum Gasteiger partial charge on any atom is 0.349 e. The fraction of sp³-hybridized carbons (Fsp3) is 0.143. The minimum Gasteiger partial charge on any atom is -0.489 e. The van der Waals surface area contributed by atoms with Crippen molar-refractivity contribution in [3.63, 3.8) is 0 Å². The van der Waals surface area contributed by atoms with Crippen LogP contribution in [-0.4, -0.2) is 11.1 Å². The molecule has 0 unspecified atom stereocenters. The van der Waals surface area contributed by atoms with E-state index in [1.165, 1.54) is 0 Å². The van der Waals surface area contributed by atoms with Crippen molar-refractivity contribution in [2.75, 3.05) is 0 Å². The topological polar surface area (TPSA) is 79.5 Å². The molecule has 6 heteroatoms. The first-order valence-electron chi connectivity index (χ1n) is 8.21. The molecule has 0 aliphatic heterocycles. The highest BCUT2D eigenvalue weighted by atomic mass is 32.1. The Morgan fingerprint density at radius 2 is 2.07 bits per heavy atom. The Hall–Kier alpha value is -3.30. The normalized spacial score (nSPS) is 11.4. The van der Waals surface area contributed by atoms with Gasteiger partial charge in [-0.15, -0.1) is 0 Å². The zero-order chi connectivity index (χ0) is 19.2. The first kappa shape index (κ1) is 18.5. The van der Waals surface area contributed by atoms with Crippen LogP contribution >= 0.6 is 11.3 Å². The molecule has 27 heavy (non-hydrogen) atoms. The van der Waals surface area contributed by atoms with Crippen LogP contribution in [0.4, 0.5) is 0 Å². The number of carbonyl (C=O) groups is 1. The molecular formula is C21H17NO4S. The maximum absolute atomic E-state index is 11.8. The molecule has 1 N–H and O–H groups in total. The summed E-state index contributed by atoms with van der Waals surface area (Å²) in [6, 6.07) is 15.9. The SMILES string of the molecule is Cc1ccccc1[C@@H](Oc1cc(OCc2ccsc2)ccc1C#N)C(=O)O. The van der Waals surface area contributed by atoms with Crippen molar-refractivity contribution < 1.29 is 19.4 Å². The quantitative estimate of drug-likeness (QED) is 0.643. The van der Waals surface area contributed by atoms with Crippen LogP contribution in [0.1, 0.15) is 28.4 Å². The van der Waals surface area contributed by atoms with E-state index in [0.29, 0.717) is 17.9 Å². The van der Waals surface area contributed by atoms with Crippen molar-refractivity contribution >= 4 is 17.3 Å². The van der Waals surface area contributed by atoms with Gasteiger partial charge in [-0.25, -0.2) is 4.79 Å². The van der Waals surface area contributed by atoms with Crippen molar-refractivity contribution in [1.82, 2.24) is 0 Å². The number of rotatable bonds is 7. The Morgan fingerprint density at radius 3 is 2.74 bits per heavy atom. The summed E-state index contributed by atoms with van der Waals surface area (Å²) in [4.78, 5) is 11.8. The largest absolute Gasteiger partial charge is 0.489 e. The van der Waals surface area contributed by atoms with Gasteiger partial charge in [0.1, 0.15) is 24.2 Å². The fourth-order valence-corrected chi connectivity index (χ4v) is 3.23. The number of carboxylic acid groups (broad SMARTS) is 1. The van der Waals surface area contributed by atoms with Gasteiger partial charge in [-0.1, -0.05) is 24.3 Å². The van der Waals surface area contributed by atoms with Gasteiger partial charge in [0.05, 0.1) is 5.56 Å². The number of nitrogens with zero attached hydrogens (tertiary/aromatic N) is 1. The zero-order valence-corrected chi connectivity index (χ0v) is 15.4. The first-order chi connectivity index (χ1) is 13.1. The minimum atomic E-state index is -1.22. The number of benzene rings is 2. The molecule has 0 saturated heterocycles. The van der Waals surface area contributed by atoms with E-state index in [0.717, 1.165) is 11.1 Å². The Balaban J connectivity index is 1.87. The number of hydrogen-bond acceptors (Lipinski definition) is 5. The van der Waals surface area contributed by atoms with Crippen LogP contribution in [0, 0.1) is 18.3 Å². The number of aryl methyl sites for hydroxylation is 1. The summed E-state index contributed by atoms with van der Waals surface area (Å²) < 4.78 is 11.5. The Morgan fingerprint density at radius 1 is 1.26 bits per heavy atom. The van der Waals surface area contributed by atoms with E-state index in [9.17, 15) is 15.2 Å². The van der Waals surface area contributed by atoms with E-state index in [1.807, 2.05) is 42.0 Å². The third kappa shape index (κ3) is 4.46. The van der Waals surface area contributed by atoms with Gasteiger partial charge in [0.25, 0.3) is 0 Å². The van der Waals surface area contributed by atoms with Crippen LogP contribution in [0.2, 0.25) is 0 Å². The molecule has 2 aromatic carbocycles. The molecular weight excluding hydrogens is 362 g/mol. The molecule has 3 rings (SSSR count). The highest BCUT2D eigenvalue weighted by Gasteiger charge is 2.25. The van der Waals surface area contributed by atoms with Crippen LogP contribution < -0.4 is 9.47 Å². The summed E-state index contributed by atoms with van der Waals surface area (Å²) in [7, 11) is 0. The predicted molar refractivity (Wildman–Crippen MR) is 102 cm³/mol. The van der Waals surface area contributed by atoms with Crippen LogP contribution in [0.25, 0.3) is 0 Å². The van der Waals surface area contributed by atoms with E-state index in [-0.39, 0.29) is 11.3 Å². The fourth-order valence-electron chi connectivity index (χ4n) is 2.58. The molecule has 5 nitrogen and oxygen atoms in total. The minimum absolute atomic E-state index is 0.177. The van der Waals surface area contributed by atoms with E-state index >= 15 is 0 Å². The number of thiophene rings is 1. The van der Waals surface area contributed by atoms with Crippen molar-refractivity contribution in [2.45, 2.75) is 19.6 Å². The van der Waals surface area contributed by atoms with Crippen molar-refractivity contribution in [3.8, 4) is 17.6 Å². The number of ether oxygens (including phenoxy) is 2. The predicted octanol–water partition coefficient (Wildman–Crippen LogP) is 4.71. The molecule has 1 aromatic heterocycles. The van der Waals surface area contributed by atoms with Crippen LogP contribution in [0.15, 0.2) is 59.3 Å². The third-order valence-corrected chi connectivity index (χ3v) is 4.73. The first-order valence-corrected chi connectivity index (χ1v) is 9.16. The number of nitriles is 1. The molecule has 0 bridgehead atoms. The molecule has 0 radical (unpaired) electrons. The Labute approximate surface area is 161 Å². The Bertz CT molecular complexity index is 976. The molecule has 0 fully saturated rings. The highest BCUT2D eigenvalue weighted by Crippen LogP contribution is 2.31. The highest BCUT2D eigenvalue weighted by molar-refractivity contribution is 7.07. The number of hydrogen-bond donors (Lipinski definition) is 1. The lowest BCUT2D eigenvalue weighted by Crippen LogP contribution is -2.19. The maximum atomic E-state index is 11.8. The van der Waals surface area contributed by atoms with Gasteiger partial charge in [-0.2, -0.15) is 16.6 Å². The molecule has 3 aromatic rings. The summed E-state index contributed by atoms with van der Waals surface area (Å²) >= 11 is 1.58. The summed E-state index contributed by atoms with van der Waals surface area (Å²) in [5.74, 6) is -0.446. The summed E-state index contributed by atoms with van der Waals surface area (Å²) in [6.07, 6.45) is -1.22. The number of carboxylic acids is 1. The van der Waals surface area contributed by atoms with Gasteiger partial charge in [0.2, 0.25) is 6.10 Å².